The summed E-state index contributed by atoms with van der Waals surface area (Å²) in [6, 6.07) is 9.21. The lowest BCUT2D eigenvalue weighted by atomic mass is 10.1. The highest BCUT2D eigenvalue weighted by Crippen LogP contribution is 2.35. The fourth-order valence-electron chi connectivity index (χ4n) is 2.60. The number of nitrogens with zero attached hydrogens (tertiary/aromatic N) is 1. The highest BCUT2D eigenvalue weighted by molar-refractivity contribution is 6.38. The molecule has 1 aromatic heterocycles. The van der Waals surface area contributed by atoms with Gasteiger partial charge in [0.2, 0.25) is 0 Å². The van der Waals surface area contributed by atoms with Gasteiger partial charge in [0.25, 0.3) is 11.6 Å². The van der Waals surface area contributed by atoms with Crippen LogP contribution in [0.1, 0.15) is 20.9 Å². The smallest absolute Gasteiger partial charge is 0.337 e. The third-order valence-electron chi connectivity index (χ3n) is 4.03. The van der Waals surface area contributed by atoms with Crippen molar-refractivity contribution >= 4 is 46.5 Å². The van der Waals surface area contributed by atoms with Gasteiger partial charge in [-0.25, -0.2) is 4.79 Å². The average Bonchev–Trinajstić information content (AvgIpc) is 3.19. The Balaban J connectivity index is 1.91. The molecule has 1 amide bonds. The van der Waals surface area contributed by atoms with E-state index in [1.54, 1.807) is 0 Å². The Hall–Kier alpha value is -3.56. The lowest BCUT2D eigenvalue weighted by Crippen LogP contribution is -2.12. The van der Waals surface area contributed by atoms with Crippen molar-refractivity contribution in [1.29, 1.82) is 0 Å². The molecule has 0 atom stereocenters. The van der Waals surface area contributed by atoms with Crippen molar-refractivity contribution in [3.63, 3.8) is 0 Å². The number of nitrogens with one attached hydrogen (secondary N) is 1. The Labute approximate surface area is 178 Å². The van der Waals surface area contributed by atoms with Crippen LogP contribution in [0.4, 0.5) is 11.4 Å². The monoisotopic (exact) mass is 450 g/mol. The zero-order valence-corrected chi connectivity index (χ0v) is 16.7. The van der Waals surface area contributed by atoms with E-state index in [9.17, 15) is 19.7 Å². The molecule has 3 rings (SSSR count). The van der Waals surface area contributed by atoms with Gasteiger partial charge in [-0.05, 0) is 36.4 Å². The fourth-order valence-corrected chi connectivity index (χ4v) is 3.11. The van der Waals surface area contributed by atoms with Crippen LogP contribution >= 0.6 is 23.2 Å². The molecule has 0 aliphatic rings. The number of rotatable bonds is 6. The number of carboxylic acids is 1. The first-order valence-corrected chi connectivity index (χ1v) is 8.93. The predicted octanol–water partition coefficient (Wildman–Crippen LogP) is 5.12. The minimum Gasteiger partial charge on any atom is -0.497 e. The second-order valence-corrected chi connectivity index (χ2v) is 6.69. The summed E-state index contributed by atoms with van der Waals surface area (Å²) in [7, 11) is 1.38. The van der Waals surface area contributed by atoms with E-state index in [-0.39, 0.29) is 44.1 Å². The highest BCUT2D eigenvalue weighted by atomic mass is 35.5. The number of ether oxygens (including phenoxy) is 1. The van der Waals surface area contributed by atoms with Crippen LogP contribution in [0.3, 0.4) is 0 Å². The number of nitro groups is 1. The standard InChI is InChI=1S/C19H12Cl2N2O7/c1-29-9-2-3-10(15(6-9)23(27)28)16-4-5-17(30-16)18(24)22-14-7-11(19(25)26)12(20)8-13(14)21/h2-8H,1H3,(H,22,24)(H,25,26). The number of hydrogen-bond acceptors (Lipinski definition) is 6. The number of halogens is 2. The van der Waals surface area contributed by atoms with E-state index in [1.165, 1.54) is 43.5 Å². The number of furan rings is 1. The summed E-state index contributed by atoms with van der Waals surface area (Å²) in [6.45, 7) is 0. The molecule has 11 heteroatoms. The van der Waals surface area contributed by atoms with Crippen LogP contribution in [0.25, 0.3) is 11.3 Å². The Morgan fingerprint density at radius 2 is 1.87 bits per heavy atom. The third kappa shape index (κ3) is 4.22. The van der Waals surface area contributed by atoms with Crippen LogP contribution in [0.5, 0.6) is 5.75 Å². The Morgan fingerprint density at radius 3 is 2.50 bits per heavy atom. The van der Waals surface area contributed by atoms with Gasteiger partial charge in [-0.3, -0.25) is 14.9 Å². The summed E-state index contributed by atoms with van der Waals surface area (Å²) in [5.74, 6) is -1.82. The number of nitro benzene ring substituents is 1. The van der Waals surface area contributed by atoms with Gasteiger partial charge in [-0.2, -0.15) is 0 Å². The molecule has 0 bridgehead atoms. The van der Waals surface area contributed by atoms with Crippen molar-refractivity contribution in [2.24, 2.45) is 0 Å². The topological polar surface area (TPSA) is 132 Å². The second kappa shape index (κ2) is 8.44. The van der Waals surface area contributed by atoms with Gasteiger partial charge in [0, 0.05) is 0 Å². The first-order chi connectivity index (χ1) is 14.2. The van der Waals surface area contributed by atoms with Crippen molar-refractivity contribution in [3.05, 3.63) is 73.9 Å². The van der Waals surface area contributed by atoms with Crippen molar-refractivity contribution < 1.29 is 28.8 Å². The number of carbonyl (C=O) groups is 2. The number of hydrogen-bond donors (Lipinski definition) is 2. The molecule has 154 valence electrons. The predicted molar refractivity (Wildman–Crippen MR) is 109 cm³/mol. The number of benzene rings is 2. The summed E-state index contributed by atoms with van der Waals surface area (Å²) >= 11 is 11.8. The zero-order chi connectivity index (χ0) is 22.0. The molecule has 3 aromatic rings. The number of aromatic carboxylic acids is 1. The average molecular weight is 451 g/mol. The van der Waals surface area contributed by atoms with E-state index >= 15 is 0 Å². The van der Waals surface area contributed by atoms with Crippen molar-refractivity contribution in [2.75, 3.05) is 12.4 Å². The molecule has 0 fully saturated rings. The van der Waals surface area contributed by atoms with E-state index in [0.717, 1.165) is 6.07 Å². The lowest BCUT2D eigenvalue weighted by molar-refractivity contribution is -0.384. The summed E-state index contributed by atoms with van der Waals surface area (Å²) in [5.41, 5.74) is -0.345. The minimum absolute atomic E-state index is 0.0110. The van der Waals surface area contributed by atoms with Crippen LogP contribution < -0.4 is 10.1 Å². The van der Waals surface area contributed by atoms with Crippen LogP contribution in [-0.4, -0.2) is 29.0 Å². The maximum absolute atomic E-state index is 12.5. The van der Waals surface area contributed by atoms with Crippen LogP contribution in [0.15, 0.2) is 46.9 Å². The molecule has 0 saturated heterocycles. The Morgan fingerprint density at radius 1 is 1.13 bits per heavy atom. The lowest BCUT2D eigenvalue weighted by Gasteiger charge is -2.08. The largest absolute Gasteiger partial charge is 0.497 e. The molecule has 2 N–H and O–H groups in total. The van der Waals surface area contributed by atoms with E-state index in [2.05, 4.69) is 5.32 Å². The SMILES string of the molecule is COc1ccc(-c2ccc(C(=O)Nc3cc(C(=O)O)c(Cl)cc3Cl)o2)c([N+](=O)[O-])c1. The van der Waals surface area contributed by atoms with Crippen LogP contribution in [-0.2, 0) is 0 Å². The molecule has 9 nitrogen and oxygen atoms in total. The first-order valence-electron chi connectivity index (χ1n) is 8.17. The van der Waals surface area contributed by atoms with Crippen LogP contribution in [0, 0.1) is 10.1 Å². The third-order valence-corrected chi connectivity index (χ3v) is 4.66. The number of carbonyl (C=O) groups excluding carboxylic acids is 1. The van der Waals surface area contributed by atoms with Crippen molar-refractivity contribution in [2.45, 2.75) is 0 Å². The Bertz CT molecular complexity index is 1170. The zero-order valence-electron chi connectivity index (χ0n) is 15.1. The summed E-state index contributed by atoms with van der Waals surface area (Å²) in [4.78, 5) is 34.5. The van der Waals surface area contributed by atoms with Gasteiger partial charge in [-0.1, -0.05) is 23.2 Å². The van der Waals surface area contributed by atoms with Crippen molar-refractivity contribution in [1.82, 2.24) is 0 Å². The van der Waals surface area contributed by atoms with E-state index in [0.29, 0.717) is 5.75 Å². The number of methoxy groups -OCH3 is 1. The second-order valence-electron chi connectivity index (χ2n) is 5.88. The van der Waals surface area contributed by atoms with Gasteiger partial charge < -0.3 is 19.6 Å². The van der Waals surface area contributed by atoms with Gasteiger partial charge in [0.1, 0.15) is 11.5 Å². The number of anilines is 1. The van der Waals surface area contributed by atoms with Gasteiger partial charge in [0.05, 0.1) is 45.0 Å². The maximum atomic E-state index is 12.5. The van der Waals surface area contributed by atoms with E-state index < -0.39 is 16.8 Å². The fraction of sp³-hybridized carbons (Fsp3) is 0.0526. The molecule has 0 radical (unpaired) electrons. The molecule has 30 heavy (non-hydrogen) atoms. The molecule has 0 saturated carbocycles. The molecule has 0 unspecified atom stereocenters. The Kier molecular flexibility index (Phi) is 5.95. The normalized spacial score (nSPS) is 10.5. The molecular formula is C19H12Cl2N2O7. The van der Waals surface area contributed by atoms with E-state index in [4.69, 9.17) is 37.5 Å². The molecule has 0 aliphatic heterocycles. The number of amides is 1. The maximum Gasteiger partial charge on any atom is 0.337 e. The van der Waals surface area contributed by atoms with Gasteiger partial charge in [0.15, 0.2) is 5.76 Å². The minimum atomic E-state index is -1.29. The molecule has 1 heterocycles. The van der Waals surface area contributed by atoms with Gasteiger partial charge >= 0.3 is 5.97 Å². The first kappa shape index (κ1) is 21.2. The molecule has 2 aromatic carbocycles. The molecular weight excluding hydrogens is 439 g/mol. The van der Waals surface area contributed by atoms with Gasteiger partial charge in [-0.15, -0.1) is 0 Å². The summed E-state index contributed by atoms with van der Waals surface area (Å²) < 4.78 is 10.5. The van der Waals surface area contributed by atoms with Crippen LogP contribution in [0.2, 0.25) is 10.0 Å². The highest BCUT2D eigenvalue weighted by Gasteiger charge is 2.22. The van der Waals surface area contributed by atoms with Crippen molar-refractivity contribution in [3.8, 4) is 17.1 Å². The summed E-state index contributed by atoms with van der Waals surface area (Å²) in [5, 5.41) is 22.9. The molecule has 0 spiro atoms. The quantitative estimate of drug-likeness (QED) is 0.393. The molecule has 0 aliphatic carbocycles. The summed E-state index contributed by atoms with van der Waals surface area (Å²) in [6.07, 6.45) is 0. The van der Waals surface area contributed by atoms with E-state index in [1.807, 2.05) is 0 Å². The number of carboxylic acid groups (broad SMARTS) is 1.